The number of benzene rings is 1. The normalized spacial score (nSPS) is 10.3. The van der Waals surface area contributed by atoms with Crippen molar-refractivity contribution in [1.29, 1.82) is 0 Å². The molecule has 6 heteroatoms. The van der Waals surface area contributed by atoms with Crippen LogP contribution in [0.25, 0.3) is 0 Å². The summed E-state index contributed by atoms with van der Waals surface area (Å²) in [5.74, 6) is 0.821. The second-order valence-electron chi connectivity index (χ2n) is 3.41. The lowest BCUT2D eigenvalue weighted by Crippen LogP contribution is -1.96. The highest BCUT2D eigenvalue weighted by Gasteiger charge is 2.10. The molecule has 4 nitrogen and oxygen atoms in total. The van der Waals surface area contributed by atoms with Crippen molar-refractivity contribution in [2.45, 2.75) is 6.92 Å². The molecule has 0 saturated heterocycles. The van der Waals surface area contributed by atoms with E-state index in [0.717, 1.165) is 5.56 Å². The summed E-state index contributed by atoms with van der Waals surface area (Å²) in [7, 11) is 0. The zero-order valence-corrected chi connectivity index (χ0v) is 10.5. The molecule has 0 aliphatic carbocycles. The van der Waals surface area contributed by atoms with E-state index in [4.69, 9.17) is 33.7 Å². The lowest BCUT2D eigenvalue weighted by molar-refractivity contribution is 0.462. The molecule has 0 aliphatic rings. The summed E-state index contributed by atoms with van der Waals surface area (Å²) in [5.41, 5.74) is 6.58. The van der Waals surface area contributed by atoms with Gasteiger partial charge in [-0.15, -0.1) is 0 Å². The maximum absolute atomic E-state index is 6.03. The van der Waals surface area contributed by atoms with Gasteiger partial charge in [0, 0.05) is 0 Å². The largest absolute Gasteiger partial charge is 0.436 e. The van der Waals surface area contributed by atoms with Gasteiger partial charge in [0.05, 0.1) is 5.02 Å². The van der Waals surface area contributed by atoms with Gasteiger partial charge in [-0.3, -0.25) is 0 Å². The van der Waals surface area contributed by atoms with Crippen molar-refractivity contribution in [3.8, 4) is 11.6 Å². The van der Waals surface area contributed by atoms with Gasteiger partial charge in [-0.05, 0) is 24.6 Å². The van der Waals surface area contributed by atoms with Gasteiger partial charge in [-0.2, -0.15) is 4.98 Å². The number of ether oxygens (including phenoxy) is 1. The Bertz CT molecular complexity index is 560. The van der Waals surface area contributed by atoms with Crippen LogP contribution in [0.3, 0.4) is 0 Å². The number of nitrogens with two attached hydrogens (primary N) is 1. The molecule has 88 valence electrons. The Labute approximate surface area is 108 Å². The predicted octanol–water partition coefficient (Wildman–Crippen LogP) is 3.47. The van der Waals surface area contributed by atoms with Crippen LogP contribution in [0.2, 0.25) is 10.0 Å². The number of aryl methyl sites for hydroxylation is 1. The highest BCUT2D eigenvalue weighted by molar-refractivity contribution is 6.34. The van der Waals surface area contributed by atoms with Crippen molar-refractivity contribution in [2.75, 3.05) is 5.73 Å². The van der Waals surface area contributed by atoms with Gasteiger partial charge in [0.25, 0.3) is 0 Å². The van der Waals surface area contributed by atoms with Crippen molar-refractivity contribution >= 4 is 29.0 Å². The molecular weight excluding hydrogens is 261 g/mol. The van der Waals surface area contributed by atoms with E-state index in [2.05, 4.69) is 9.97 Å². The minimum absolute atomic E-state index is 0.167. The Morgan fingerprint density at radius 2 is 2.00 bits per heavy atom. The maximum atomic E-state index is 6.03. The number of hydrogen-bond donors (Lipinski definition) is 1. The smallest absolute Gasteiger partial charge is 0.243 e. The van der Waals surface area contributed by atoms with Crippen LogP contribution in [0, 0.1) is 6.92 Å². The average molecular weight is 270 g/mol. The van der Waals surface area contributed by atoms with Crippen molar-refractivity contribution in [3.05, 3.63) is 40.1 Å². The fourth-order valence-corrected chi connectivity index (χ4v) is 1.64. The molecule has 1 aromatic carbocycles. The number of nitrogens with zero attached hydrogens (tertiary/aromatic N) is 2. The lowest BCUT2D eigenvalue weighted by atomic mass is 10.2. The van der Waals surface area contributed by atoms with Crippen molar-refractivity contribution in [2.24, 2.45) is 0 Å². The van der Waals surface area contributed by atoms with Crippen LogP contribution in [-0.2, 0) is 0 Å². The topological polar surface area (TPSA) is 61.0 Å². The molecule has 17 heavy (non-hydrogen) atoms. The number of halogens is 2. The van der Waals surface area contributed by atoms with E-state index in [0.29, 0.717) is 10.8 Å². The first-order valence-electron chi connectivity index (χ1n) is 4.78. The quantitative estimate of drug-likeness (QED) is 0.907. The van der Waals surface area contributed by atoms with Gasteiger partial charge >= 0.3 is 0 Å². The molecule has 2 N–H and O–H groups in total. The second-order valence-corrected chi connectivity index (χ2v) is 4.20. The Morgan fingerprint density at radius 1 is 1.24 bits per heavy atom. The summed E-state index contributed by atoms with van der Waals surface area (Å²) in [4.78, 5) is 7.63. The van der Waals surface area contributed by atoms with Crippen LogP contribution in [-0.4, -0.2) is 9.97 Å². The minimum Gasteiger partial charge on any atom is -0.436 e. The van der Waals surface area contributed by atoms with Crippen molar-refractivity contribution in [1.82, 2.24) is 9.97 Å². The Hall–Kier alpha value is -1.52. The van der Waals surface area contributed by atoms with Gasteiger partial charge < -0.3 is 10.5 Å². The van der Waals surface area contributed by atoms with E-state index >= 15 is 0 Å². The molecule has 0 atom stereocenters. The number of nitrogen functional groups attached to an aromatic ring is 1. The van der Waals surface area contributed by atoms with Crippen LogP contribution in [0.15, 0.2) is 24.5 Å². The molecule has 0 aliphatic heterocycles. The van der Waals surface area contributed by atoms with Gasteiger partial charge in [-0.25, -0.2) is 4.98 Å². The summed E-state index contributed by atoms with van der Waals surface area (Å²) in [6.45, 7) is 1.94. The molecule has 0 spiro atoms. The molecule has 2 aromatic rings. The van der Waals surface area contributed by atoms with E-state index in [1.165, 1.54) is 6.33 Å². The molecule has 1 aromatic heterocycles. The first-order valence-corrected chi connectivity index (χ1v) is 5.53. The van der Waals surface area contributed by atoms with E-state index in [1.807, 2.05) is 13.0 Å². The standard InChI is InChI=1S/C11H9Cl2N3O/c1-6-2-3-8(7(12)4-6)17-11-9(13)10(14)15-5-16-11/h2-5H,1H3,(H2,14,15,16). The van der Waals surface area contributed by atoms with Crippen LogP contribution in [0.1, 0.15) is 5.56 Å². The van der Waals surface area contributed by atoms with E-state index in [-0.39, 0.29) is 16.7 Å². The van der Waals surface area contributed by atoms with E-state index in [1.54, 1.807) is 12.1 Å². The third-order valence-corrected chi connectivity index (χ3v) is 2.73. The van der Waals surface area contributed by atoms with Crippen molar-refractivity contribution < 1.29 is 4.74 Å². The Kier molecular flexibility index (Phi) is 3.36. The summed E-state index contributed by atoms with van der Waals surface area (Å²) in [6.07, 6.45) is 1.28. The van der Waals surface area contributed by atoms with Gasteiger partial charge in [0.15, 0.2) is 0 Å². The van der Waals surface area contributed by atoms with E-state index in [9.17, 15) is 0 Å². The zero-order chi connectivity index (χ0) is 12.4. The first kappa shape index (κ1) is 12.0. The fourth-order valence-electron chi connectivity index (χ4n) is 1.23. The number of hydrogen-bond acceptors (Lipinski definition) is 4. The molecule has 0 amide bonds. The molecule has 1 heterocycles. The third kappa shape index (κ3) is 2.60. The Morgan fingerprint density at radius 3 is 2.71 bits per heavy atom. The zero-order valence-electron chi connectivity index (χ0n) is 8.95. The van der Waals surface area contributed by atoms with Crippen LogP contribution in [0.5, 0.6) is 11.6 Å². The molecule has 2 rings (SSSR count). The molecule has 0 radical (unpaired) electrons. The fraction of sp³-hybridized carbons (Fsp3) is 0.0909. The molecule has 0 fully saturated rings. The predicted molar refractivity (Wildman–Crippen MR) is 67.7 cm³/mol. The van der Waals surface area contributed by atoms with Gasteiger partial charge in [-0.1, -0.05) is 29.3 Å². The first-order chi connectivity index (χ1) is 8.08. The molecule has 0 saturated carbocycles. The summed E-state index contributed by atoms with van der Waals surface area (Å²) < 4.78 is 5.48. The number of rotatable bonds is 2. The summed E-state index contributed by atoms with van der Waals surface area (Å²) in [5, 5.41) is 0.655. The number of anilines is 1. The highest BCUT2D eigenvalue weighted by atomic mass is 35.5. The molecule has 0 unspecified atom stereocenters. The third-order valence-electron chi connectivity index (χ3n) is 2.08. The Balaban J connectivity index is 2.35. The van der Waals surface area contributed by atoms with Crippen LogP contribution in [0.4, 0.5) is 5.82 Å². The van der Waals surface area contributed by atoms with Crippen LogP contribution < -0.4 is 10.5 Å². The molecular formula is C11H9Cl2N3O. The monoisotopic (exact) mass is 269 g/mol. The SMILES string of the molecule is Cc1ccc(Oc2ncnc(N)c2Cl)c(Cl)c1. The van der Waals surface area contributed by atoms with Gasteiger partial charge in [0.1, 0.15) is 22.9 Å². The molecule has 0 bridgehead atoms. The minimum atomic E-state index is 0.167. The lowest BCUT2D eigenvalue weighted by Gasteiger charge is -2.08. The van der Waals surface area contributed by atoms with E-state index < -0.39 is 0 Å². The average Bonchev–Trinajstić information content (AvgIpc) is 2.28. The van der Waals surface area contributed by atoms with Crippen molar-refractivity contribution in [3.63, 3.8) is 0 Å². The highest BCUT2D eigenvalue weighted by Crippen LogP contribution is 2.33. The van der Waals surface area contributed by atoms with Crippen LogP contribution >= 0.6 is 23.2 Å². The number of aromatic nitrogens is 2. The summed E-state index contributed by atoms with van der Waals surface area (Å²) in [6, 6.07) is 5.40. The second kappa shape index (κ2) is 4.77. The maximum Gasteiger partial charge on any atom is 0.243 e. The summed E-state index contributed by atoms with van der Waals surface area (Å²) >= 11 is 11.9. The van der Waals surface area contributed by atoms with Gasteiger partial charge in [0.2, 0.25) is 5.88 Å².